The molecule has 0 radical (unpaired) electrons. The van der Waals surface area contributed by atoms with E-state index in [4.69, 9.17) is 9.73 Å². The van der Waals surface area contributed by atoms with Crippen LogP contribution < -0.4 is 10.1 Å². The van der Waals surface area contributed by atoms with Crippen LogP contribution >= 0.6 is 11.3 Å². The Labute approximate surface area is 141 Å². The van der Waals surface area contributed by atoms with Gasteiger partial charge in [-0.05, 0) is 35.4 Å². The normalized spacial score (nSPS) is 18.2. The Bertz CT molecular complexity index is 615. The minimum Gasteiger partial charge on any atom is -0.472 e. The van der Waals surface area contributed by atoms with Crippen LogP contribution in [0.1, 0.15) is 18.9 Å². The molecule has 23 heavy (non-hydrogen) atoms. The number of aliphatic imine (C=N–C) groups is 1. The summed E-state index contributed by atoms with van der Waals surface area (Å²) in [5, 5.41) is 7.61. The highest BCUT2D eigenvalue weighted by Crippen LogP contribution is 2.16. The zero-order chi connectivity index (χ0) is 15.9. The molecule has 2 aromatic heterocycles. The number of likely N-dealkylation sites (tertiary alicyclic amines) is 1. The van der Waals surface area contributed by atoms with Crippen molar-refractivity contribution in [1.29, 1.82) is 0 Å². The highest BCUT2D eigenvalue weighted by molar-refractivity contribution is 7.07. The molecular weight excluding hydrogens is 308 g/mol. The molecule has 0 aromatic carbocycles. The lowest BCUT2D eigenvalue weighted by Gasteiger charge is -2.21. The van der Waals surface area contributed by atoms with Crippen molar-refractivity contribution < 1.29 is 4.74 Å². The summed E-state index contributed by atoms with van der Waals surface area (Å²) in [7, 11) is 0. The van der Waals surface area contributed by atoms with Gasteiger partial charge in [-0.15, -0.1) is 0 Å². The summed E-state index contributed by atoms with van der Waals surface area (Å²) < 4.78 is 5.95. The fraction of sp³-hybridized carbons (Fsp3) is 0.412. The quantitative estimate of drug-likeness (QED) is 0.676. The molecule has 122 valence electrons. The van der Waals surface area contributed by atoms with Crippen molar-refractivity contribution >= 4 is 17.3 Å². The molecule has 3 heterocycles. The van der Waals surface area contributed by atoms with Gasteiger partial charge in [-0.3, -0.25) is 0 Å². The number of hydrogen-bond donors (Lipinski definition) is 1. The van der Waals surface area contributed by atoms with E-state index in [0.29, 0.717) is 12.4 Å². The molecule has 1 aliphatic heterocycles. The second kappa shape index (κ2) is 7.97. The minimum atomic E-state index is 0.162. The van der Waals surface area contributed by atoms with Gasteiger partial charge in [0.1, 0.15) is 6.10 Å². The zero-order valence-corrected chi connectivity index (χ0v) is 14.1. The first-order chi connectivity index (χ1) is 11.3. The van der Waals surface area contributed by atoms with E-state index in [-0.39, 0.29) is 6.10 Å². The highest BCUT2D eigenvalue weighted by atomic mass is 32.1. The van der Waals surface area contributed by atoms with Crippen LogP contribution in [0.2, 0.25) is 0 Å². The highest BCUT2D eigenvalue weighted by Gasteiger charge is 2.26. The Morgan fingerprint density at radius 2 is 2.43 bits per heavy atom. The van der Waals surface area contributed by atoms with Crippen LogP contribution in [-0.4, -0.2) is 41.6 Å². The Morgan fingerprint density at radius 3 is 3.17 bits per heavy atom. The summed E-state index contributed by atoms with van der Waals surface area (Å²) in [5.74, 6) is 1.66. The van der Waals surface area contributed by atoms with Crippen molar-refractivity contribution in [3.8, 4) is 5.88 Å². The monoisotopic (exact) mass is 330 g/mol. The first kappa shape index (κ1) is 15.8. The van der Waals surface area contributed by atoms with E-state index in [1.54, 1.807) is 17.5 Å². The number of thiophene rings is 1. The maximum atomic E-state index is 5.95. The smallest absolute Gasteiger partial charge is 0.213 e. The van der Waals surface area contributed by atoms with Crippen LogP contribution in [0.15, 0.2) is 46.2 Å². The van der Waals surface area contributed by atoms with Crippen LogP contribution in [0.5, 0.6) is 5.88 Å². The van der Waals surface area contributed by atoms with Crippen molar-refractivity contribution in [2.24, 2.45) is 4.99 Å². The maximum absolute atomic E-state index is 5.95. The van der Waals surface area contributed by atoms with E-state index in [0.717, 1.165) is 32.0 Å². The molecule has 5 nitrogen and oxygen atoms in total. The third-order valence-corrected chi connectivity index (χ3v) is 4.43. The predicted molar refractivity (Wildman–Crippen MR) is 94.0 cm³/mol. The topological polar surface area (TPSA) is 49.8 Å². The molecule has 1 aliphatic rings. The Hall–Kier alpha value is -2.08. The SMILES string of the molecule is CCNC(=NCc1ccsc1)N1CCC(Oc2ccccn2)C1. The summed E-state index contributed by atoms with van der Waals surface area (Å²) >= 11 is 1.71. The summed E-state index contributed by atoms with van der Waals surface area (Å²) in [6, 6.07) is 7.86. The molecule has 1 unspecified atom stereocenters. The maximum Gasteiger partial charge on any atom is 0.213 e. The molecule has 2 aromatic rings. The molecule has 0 saturated carbocycles. The molecule has 1 saturated heterocycles. The van der Waals surface area contributed by atoms with Crippen molar-refractivity contribution in [2.75, 3.05) is 19.6 Å². The van der Waals surface area contributed by atoms with Gasteiger partial charge in [0.15, 0.2) is 5.96 Å². The number of ether oxygens (including phenoxy) is 1. The molecule has 6 heteroatoms. The summed E-state index contributed by atoms with van der Waals surface area (Å²) in [6.07, 6.45) is 2.91. The lowest BCUT2D eigenvalue weighted by atomic mass is 10.3. The van der Waals surface area contributed by atoms with Gasteiger partial charge in [0, 0.05) is 31.8 Å². The molecule has 1 atom stereocenters. The van der Waals surface area contributed by atoms with Gasteiger partial charge < -0.3 is 15.0 Å². The third kappa shape index (κ3) is 4.45. The second-order valence-electron chi connectivity index (χ2n) is 5.44. The van der Waals surface area contributed by atoms with E-state index < -0.39 is 0 Å². The molecule has 1 N–H and O–H groups in total. The van der Waals surface area contributed by atoms with E-state index in [2.05, 4.69) is 39.0 Å². The van der Waals surface area contributed by atoms with Crippen LogP contribution in [0.3, 0.4) is 0 Å². The zero-order valence-electron chi connectivity index (χ0n) is 13.3. The van der Waals surface area contributed by atoms with Crippen LogP contribution in [0.4, 0.5) is 0 Å². The fourth-order valence-corrected chi connectivity index (χ4v) is 3.24. The number of nitrogens with one attached hydrogen (secondary N) is 1. The molecule has 3 rings (SSSR count). The largest absolute Gasteiger partial charge is 0.472 e. The first-order valence-corrected chi connectivity index (χ1v) is 8.91. The number of guanidine groups is 1. The van der Waals surface area contributed by atoms with Crippen molar-refractivity contribution in [3.05, 3.63) is 46.8 Å². The average Bonchev–Trinajstić information content (AvgIpc) is 3.24. The van der Waals surface area contributed by atoms with Crippen molar-refractivity contribution in [3.63, 3.8) is 0 Å². The van der Waals surface area contributed by atoms with Gasteiger partial charge in [0.05, 0.1) is 13.1 Å². The molecular formula is C17H22N4OS. The number of pyridine rings is 1. The molecule has 1 fully saturated rings. The second-order valence-corrected chi connectivity index (χ2v) is 6.22. The van der Waals surface area contributed by atoms with Crippen LogP contribution in [-0.2, 0) is 6.54 Å². The van der Waals surface area contributed by atoms with Gasteiger partial charge in [-0.2, -0.15) is 11.3 Å². The number of rotatable bonds is 5. The van der Waals surface area contributed by atoms with Gasteiger partial charge in [0.25, 0.3) is 0 Å². The van der Waals surface area contributed by atoms with E-state index >= 15 is 0 Å². The fourth-order valence-electron chi connectivity index (χ4n) is 2.58. The van der Waals surface area contributed by atoms with E-state index in [9.17, 15) is 0 Å². The molecule has 0 bridgehead atoms. The number of hydrogen-bond acceptors (Lipinski definition) is 4. The van der Waals surface area contributed by atoms with Crippen LogP contribution in [0.25, 0.3) is 0 Å². The molecule has 0 spiro atoms. The molecule has 0 aliphatic carbocycles. The van der Waals surface area contributed by atoms with Crippen molar-refractivity contribution in [2.45, 2.75) is 26.0 Å². The third-order valence-electron chi connectivity index (χ3n) is 3.70. The van der Waals surface area contributed by atoms with Gasteiger partial charge in [-0.25, -0.2) is 9.98 Å². The Morgan fingerprint density at radius 1 is 1.48 bits per heavy atom. The Kier molecular flexibility index (Phi) is 5.47. The number of aromatic nitrogens is 1. The number of nitrogens with zero attached hydrogens (tertiary/aromatic N) is 3. The average molecular weight is 330 g/mol. The summed E-state index contributed by atoms with van der Waals surface area (Å²) in [6.45, 7) is 5.47. The summed E-state index contributed by atoms with van der Waals surface area (Å²) in [5.41, 5.74) is 1.26. The van der Waals surface area contributed by atoms with E-state index in [1.807, 2.05) is 18.2 Å². The van der Waals surface area contributed by atoms with Crippen LogP contribution in [0, 0.1) is 0 Å². The standard InChI is InChI=1S/C17H22N4OS/c1-2-18-17(20-11-14-7-10-23-13-14)21-9-6-15(12-21)22-16-5-3-4-8-19-16/h3-5,7-8,10,13,15H,2,6,9,11-12H2,1H3,(H,18,20). The van der Waals surface area contributed by atoms with Gasteiger partial charge >= 0.3 is 0 Å². The lowest BCUT2D eigenvalue weighted by molar-refractivity contribution is 0.205. The molecule has 0 amide bonds. The first-order valence-electron chi connectivity index (χ1n) is 7.97. The van der Waals surface area contributed by atoms with E-state index in [1.165, 1.54) is 5.56 Å². The van der Waals surface area contributed by atoms with Crippen molar-refractivity contribution in [1.82, 2.24) is 15.2 Å². The van der Waals surface area contributed by atoms with Gasteiger partial charge in [0.2, 0.25) is 5.88 Å². The van der Waals surface area contributed by atoms with Gasteiger partial charge in [-0.1, -0.05) is 6.07 Å². The minimum absolute atomic E-state index is 0.162. The Balaban J connectivity index is 1.59. The lowest BCUT2D eigenvalue weighted by Crippen LogP contribution is -2.40. The predicted octanol–water partition coefficient (Wildman–Crippen LogP) is 2.76. The summed E-state index contributed by atoms with van der Waals surface area (Å²) in [4.78, 5) is 11.2.